The Bertz CT molecular complexity index is 431. The fourth-order valence-electron chi connectivity index (χ4n) is 1.95. The molecule has 2 rings (SSSR count). The van der Waals surface area contributed by atoms with E-state index >= 15 is 0 Å². The lowest BCUT2D eigenvalue weighted by Crippen LogP contribution is -2.08. The Hall–Kier alpha value is -1.58. The lowest BCUT2D eigenvalue weighted by molar-refractivity contribution is 0.0598. The molecule has 0 aromatic carbocycles. The molecule has 0 radical (unpaired) electrons. The molecule has 0 N–H and O–H groups in total. The monoisotopic (exact) mass is 235 g/mol. The zero-order valence-electron chi connectivity index (χ0n) is 10.4. The predicted octanol–water partition coefficient (Wildman–Crippen LogP) is 2.39. The van der Waals surface area contributed by atoms with Gasteiger partial charge in [0.25, 0.3) is 0 Å². The number of nitrogens with zero attached hydrogens (tertiary/aromatic N) is 1. The van der Waals surface area contributed by atoms with Gasteiger partial charge < -0.3 is 9.47 Å². The molecule has 1 aromatic heterocycles. The van der Waals surface area contributed by atoms with Crippen LogP contribution in [-0.4, -0.2) is 24.7 Å². The van der Waals surface area contributed by atoms with Crippen LogP contribution in [0.1, 0.15) is 42.2 Å². The van der Waals surface area contributed by atoms with Crippen molar-refractivity contribution >= 4 is 5.97 Å². The number of aromatic nitrogens is 1. The molecule has 0 saturated heterocycles. The van der Waals surface area contributed by atoms with E-state index in [9.17, 15) is 4.79 Å². The molecule has 1 saturated carbocycles. The van der Waals surface area contributed by atoms with Crippen molar-refractivity contribution in [2.45, 2.75) is 26.2 Å². The van der Waals surface area contributed by atoms with Crippen molar-refractivity contribution in [2.24, 2.45) is 5.92 Å². The number of carbonyl (C=O) groups excluding carboxylic acids is 1. The van der Waals surface area contributed by atoms with Crippen LogP contribution in [0.4, 0.5) is 0 Å². The van der Waals surface area contributed by atoms with Gasteiger partial charge in [0.15, 0.2) is 0 Å². The van der Waals surface area contributed by atoms with Gasteiger partial charge in [-0.1, -0.05) is 6.92 Å². The number of hydrogen-bond acceptors (Lipinski definition) is 4. The summed E-state index contributed by atoms with van der Waals surface area (Å²) in [5, 5.41) is 0. The minimum atomic E-state index is -0.324. The van der Waals surface area contributed by atoms with Crippen molar-refractivity contribution in [1.29, 1.82) is 0 Å². The molecule has 1 fully saturated rings. The molecule has 1 aliphatic rings. The van der Waals surface area contributed by atoms with Crippen molar-refractivity contribution < 1.29 is 14.3 Å². The zero-order chi connectivity index (χ0) is 12.4. The molecule has 4 nitrogen and oxygen atoms in total. The summed E-state index contributed by atoms with van der Waals surface area (Å²) < 4.78 is 10.1. The fraction of sp³-hybridized carbons (Fsp3) is 0.538. The van der Waals surface area contributed by atoms with Gasteiger partial charge in [-0.3, -0.25) is 0 Å². The van der Waals surface area contributed by atoms with Gasteiger partial charge in [-0.15, -0.1) is 0 Å². The molecule has 0 bridgehead atoms. The summed E-state index contributed by atoms with van der Waals surface area (Å²) in [6.45, 7) is 4.64. The molecule has 17 heavy (non-hydrogen) atoms. The summed E-state index contributed by atoms with van der Waals surface area (Å²) in [7, 11) is 1.39. The molecule has 2 unspecified atom stereocenters. The summed E-state index contributed by atoms with van der Waals surface area (Å²) in [4.78, 5) is 16.1. The largest absolute Gasteiger partial charge is 0.478 e. The van der Waals surface area contributed by atoms with Crippen molar-refractivity contribution in [2.75, 3.05) is 13.7 Å². The van der Waals surface area contributed by atoms with Crippen LogP contribution in [0.2, 0.25) is 0 Å². The zero-order valence-corrected chi connectivity index (χ0v) is 10.4. The van der Waals surface area contributed by atoms with Crippen LogP contribution in [0.15, 0.2) is 12.1 Å². The number of esters is 1. The quantitative estimate of drug-likeness (QED) is 0.752. The van der Waals surface area contributed by atoms with Crippen molar-refractivity contribution in [3.63, 3.8) is 0 Å². The second-order valence-electron chi connectivity index (χ2n) is 4.33. The number of carbonyl (C=O) groups is 1. The van der Waals surface area contributed by atoms with E-state index in [2.05, 4.69) is 11.9 Å². The third-order valence-electron chi connectivity index (χ3n) is 3.06. The third kappa shape index (κ3) is 2.40. The molecule has 0 spiro atoms. The minimum Gasteiger partial charge on any atom is -0.478 e. The van der Waals surface area contributed by atoms with Gasteiger partial charge in [0.1, 0.15) is 0 Å². The normalized spacial score (nSPS) is 22.1. The van der Waals surface area contributed by atoms with E-state index in [1.54, 1.807) is 12.1 Å². The number of hydrogen-bond donors (Lipinski definition) is 0. The fourth-order valence-corrected chi connectivity index (χ4v) is 1.95. The van der Waals surface area contributed by atoms with Gasteiger partial charge in [-0.2, -0.15) is 0 Å². The topological polar surface area (TPSA) is 48.4 Å². The van der Waals surface area contributed by atoms with Gasteiger partial charge in [0.05, 0.1) is 25.0 Å². The van der Waals surface area contributed by atoms with Crippen LogP contribution in [0.3, 0.4) is 0 Å². The molecule has 0 amide bonds. The van der Waals surface area contributed by atoms with Crippen LogP contribution in [0.5, 0.6) is 5.88 Å². The molecule has 4 heteroatoms. The summed E-state index contributed by atoms with van der Waals surface area (Å²) in [5.74, 6) is 1.20. The average Bonchev–Trinajstić information content (AvgIpc) is 3.06. The molecule has 1 aromatic rings. The lowest BCUT2D eigenvalue weighted by atomic mass is 10.1. The van der Waals surface area contributed by atoms with Crippen molar-refractivity contribution in [3.8, 4) is 5.88 Å². The summed E-state index contributed by atoms with van der Waals surface area (Å²) in [5.41, 5.74) is 1.38. The smallest absolute Gasteiger partial charge is 0.339 e. The summed E-state index contributed by atoms with van der Waals surface area (Å²) >= 11 is 0. The molecule has 1 heterocycles. The second kappa shape index (κ2) is 4.73. The van der Waals surface area contributed by atoms with E-state index in [1.165, 1.54) is 7.11 Å². The summed E-state index contributed by atoms with van der Waals surface area (Å²) in [6.07, 6.45) is 1.08. The van der Waals surface area contributed by atoms with Crippen LogP contribution < -0.4 is 4.74 Å². The van der Waals surface area contributed by atoms with Gasteiger partial charge in [-0.05, 0) is 25.3 Å². The molecule has 92 valence electrons. The number of methoxy groups -OCH3 is 1. The Morgan fingerprint density at radius 1 is 1.53 bits per heavy atom. The van der Waals surface area contributed by atoms with Crippen LogP contribution in [0.25, 0.3) is 0 Å². The van der Waals surface area contributed by atoms with E-state index in [1.807, 2.05) is 6.92 Å². The Balaban J connectivity index is 2.34. The van der Waals surface area contributed by atoms with E-state index in [0.717, 1.165) is 12.1 Å². The highest BCUT2D eigenvalue weighted by molar-refractivity contribution is 5.91. The Morgan fingerprint density at radius 2 is 2.24 bits per heavy atom. The van der Waals surface area contributed by atoms with E-state index < -0.39 is 0 Å². The van der Waals surface area contributed by atoms with Gasteiger partial charge in [0, 0.05) is 12.0 Å². The molecular formula is C13H17NO3. The third-order valence-corrected chi connectivity index (χ3v) is 3.06. The van der Waals surface area contributed by atoms with Crippen molar-refractivity contribution in [3.05, 3.63) is 23.4 Å². The van der Waals surface area contributed by atoms with E-state index in [4.69, 9.17) is 9.47 Å². The highest BCUT2D eigenvalue weighted by atomic mass is 16.5. The Morgan fingerprint density at radius 3 is 2.76 bits per heavy atom. The molecule has 2 atom stereocenters. The SMILES string of the molecule is CCOc1ccc(C(=O)OC)c(C2CC2C)n1. The highest BCUT2D eigenvalue weighted by Crippen LogP contribution is 2.47. The molecule has 1 aliphatic carbocycles. The maximum atomic E-state index is 11.6. The first-order valence-corrected chi connectivity index (χ1v) is 5.89. The predicted molar refractivity (Wildman–Crippen MR) is 63.3 cm³/mol. The van der Waals surface area contributed by atoms with Gasteiger partial charge in [0.2, 0.25) is 5.88 Å². The minimum absolute atomic E-state index is 0.324. The number of pyridine rings is 1. The Kier molecular flexibility index (Phi) is 3.31. The van der Waals surface area contributed by atoms with Gasteiger partial charge in [-0.25, -0.2) is 9.78 Å². The van der Waals surface area contributed by atoms with Gasteiger partial charge >= 0.3 is 5.97 Å². The van der Waals surface area contributed by atoms with Crippen molar-refractivity contribution in [1.82, 2.24) is 4.98 Å². The van der Waals surface area contributed by atoms with E-state index in [0.29, 0.717) is 29.9 Å². The first-order chi connectivity index (χ1) is 8.17. The molecular weight excluding hydrogens is 218 g/mol. The molecule has 0 aliphatic heterocycles. The number of ether oxygens (including phenoxy) is 2. The lowest BCUT2D eigenvalue weighted by Gasteiger charge is -2.09. The highest BCUT2D eigenvalue weighted by Gasteiger charge is 2.38. The average molecular weight is 235 g/mol. The number of rotatable bonds is 4. The first-order valence-electron chi connectivity index (χ1n) is 5.89. The second-order valence-corrected chi connectivity index (χ2v) is 4.33. The van der Waals surface area contributed by atoms with Crippen LogP contribution in [-0.2, 0) is 4.74 Å². The Labute approximate surface area is 101 Å². The standard InChI is InChI=1S/C13H17NO3/c1-4-17-11-6-5-9(13(15)16-3)12(14-11)10-7-8(10)2/h5-6,8,10H,4,7H2,1-3H3. The van der Waals surface area contributed by atoms with Crippen LogP contribution >= 0.6 is 0 Å². The maximum absolute atomic E-state index is 11.6. The van der Waals surface area contributed by atoms with Crippen LogP contribution in [0, 0.1) is 5.92 Å². The summed E-state index contributed by atoms with van der Waals surface area (Å²) in [6, 6.07) is 3.45. The first kappa shape index (κ1) is 11.9. The maximum Gasteiger partial charge on any atom is 0.339 e. The van der Waals surface area contributed by atoms with E-state index in [-0.39, 0.29) is 5.97 Å².